The summed E-state index contributed by atoms with van der Waals surface area (Å²) >= 11 is 0. The Labute approximate surface area is 122 Å². The number of H-pyrrole nitrogens is 1. The van der Waals surface area contributed by atoms with E-state index in [1.165, 1.54) is 23.4 Å². The fraction of sp³-hybridized carbons (Fsp3) is 0.250. The second kappa shape index (κ2) is 5.09. The number of anilines is 1. The first-order valence-corrected chi connectivity index (χ1v) is 7.02. The molecule has 0 saturated carbocycles. The second-order valence-electron chi connectivity index (χ2n) is 5.15. The number of aryl methyl sites for hydroxylation is 1. The van der Waals surface area contributed by atoms with Crippen molar-refractivity contribution in [2.75, 3.05) is 11.4 Å². The number of fused-ring (bicyclic) bond motifs is 1. The summed E-state index contributed by atoms with van der Waals surface area (Å²) in [5, 5.41) is 0. The molecule has 1 aliphatic rings. The molecule has 3 N–H and O–H groups in total. The molecule has 2 heterocycles. The van der Waals surface area contributed by atoms with E-state index in [-0.39, 0.29) is 11.6 Å². The number of rotatable bonds is 3. The van der Waals surface area contributed by atoms with Crippen LogP contribution in [-0.2, 0) is 12.8 Å². The number of aromatic nitrogens is 1. The highest BCUT2D eigenvalue weighted by Crippen LogP contribution is 2.33. The van der Waals surface area contributed by atoms with Gasteiger partial charge in [0.1, 0.15) is 5.69 Å². The van der Waals surface area contributed by atoms with Crippen molar-refractivity contribution < 1.29 is 9.59 Å². The SMILES string of the molecule is CCc1cccc2c1N(C(=O)c1c[nH]c(C(N)=O)c1)CC2. The number of nitrogens with two attached hydrogens (primary N) is 1. The molecule has 1 aromatic heterocycles. The Morgan fingerprint density at radius 3 is 2.86 bits per heavy atom. The topological polar surface area (TPSA) is 79.2 Å². The predicted molar refractivity (Wildman–Crippen MR) is 80.5 cm³/mol. The monoisotopic (exact) mass is 283 g/mol. The molecule has 1 aliphatic heterocycles. The summed E-state index contributed by atoms with van der Waals surface area (Å²) < 4.78 is 0. The average Bonchev–Trinajstić information content (AvgIpc) is 3.13. The Hall–Kier alpha value is -2.56. The van der Waals surface area contributed by atoms with Crippen LogP contribution in [0.2, 0.25) is 0 Å². The van der Waals surface area contributed by atoms with E-state index in [0.717, 1.165) is 18.5 Å². The van der Waals surface area contributed by atoms with Gasteiger partial charge in [-0.15, -0.1) is 0 Å². The number of nitrogens with zero attached hydrogens (tertiary/aromatic N) is 1. The molecular formula is C16H17N3O2. The molecular weight excluding hydrogens is 266 g/mol. The minimum absolute atomic E-state index is 0.0987. The molecule has 0 unspecified atom stereocenters. The Morgan fingerprint density at radius 1 is 1.38 bits per heavy atom. The van der Waals surface area contributed by atoms with Gasteiger partial charge in [-0.2, -0.15) is 0 Å². The molecule has 2 aromatic rings. The molecule has 108 valence electrons. The number of hydrogen-bond donors (Lipinski definition) is 2. The number of nitrogens with one attached hydrogen (secondary N) is 1. The zero-order valence-corrected chi connectivity index (χ0v) is 11.8. The van der Waals surface area contributed by atoms with Crippen molar-refractivity contribution in [1.82, 2.24) is 4.98 Å². The number of para-hydroxylation sites is 1. The van der Waals surface area contributed by atoms with Crippen molar-refractivity contribution in [1.29, 1.82) is 0 Å². The van der Waals surface area contributed by atoms with Gasteiger partial charge in [-0.1, -0.05) is 25.1 Å². The quantitative estimate of drug-likeness (QED) is 0.902. The molecule has 0 atom stereocenters. The third-order valence-electron chi connectivity index (χ3n) is 3.90. The lowest BCUT2D eigenvalue weighted by Gasteiger charge is -2.19. The third-order valence-corrected chi connectivity index (χ3v) is 3.90. The molecule has 2 amide bonds. The summed E-state index contributed by atoms with van der Waals surface area (Å²) in [5.41, 5.74) is 9.31. The molecule has 3 rings (SSSR count). The van der Waals surface area contributed by atoms with Crippen LogP contribution in [0.4, 0.5) is 5.69 Å². The number of carbonyl (C=O) groups is 2. The minimum Gasteiger partial charge on any atom is -0.364 e. The minimum atomic E-state index is -0.565. The van der Waals surface area contributed by atoms with Gasteiger partial charge >= 0.3 is 0 Å². The molecule has 0 aliphatic carbocycles. The van der Waals surface area contributed by atoms with E-state index in [2.05, 4.69) is 24.0 Å². The molecule has 0 fully saturated rings. The zero-order chi connectivity index (χ0) is 15.0. The van der Waals surface area contributed by atoms with E-state index in [0.29, 0.717) is 12.1 Å². The lowest BCUT2D eigenvalue weighted by molar-refractivity contribution is 0.0987. The first-order valence-electron chi connectivity index (χ1n) is 7.02. The summed E-state index contributed by atoms with van der Waals surface area (Å²) in [4.78, 5) is 28.3. The highest BCUT2D eigenvalue weighted by molar-refractivity contribution is 6.08. The summed E-state index contributed by atoms with van der Waals surface area (Å²) in [6.45, 7) is 2.75. The Kier molecular flexibility index (Phi) is 3.25. The molecule has 0 radical (unpaired) electrons. The number of carbonyl (C=O) groups excluding carboxylic acids is 2. The van der Waals surface area contributed by atoms with Gasteiger partial charge < -0.3 is 15.6 Å². The summed E-state index contributed by atoms with van der Waals surface area (Å²) in [5.74, 6) is -0.663. The van der Waals surface area contributed by atoms with E-state index < -0.39 is 5.91 Å². The maximum absolute atomic E-state index is 12.7. The maximum Gasteiger partial charge on any atom is 0.265 e. The van der Waals surface area contributed by atoms with Crippen LogP contribution in [0.15, 0.2) is 30.5 Å². The number of aromatic amines is 1. The maximum atomic E-state index is 12.7. The van der Waals surface area contributed by atoms with Crippen LogP contribution in [0.3, 0.4) is 0 Å². The molecule has 0 saturated heterocycles. The van der Waals surface area contributed by atoms with Gasteiger partial charge in [0, 0.05) is 12.7 Å². The van der Waals surface area contributed by atoms with Crippen molar-refractivity contribution in [2.24, 2.45) is 5.73 Å². The number of amides is 2. The van der Waals surface area contributed by atoms with Crippen LogP contribution >= 0.6 is 0 Å². The van der Waals surface area contributed by atoms with E-state index in [9.17, 15) is 9.59 Å². The number of primary amides is 1. The highest BCUT2D eigenvalue weighted by Gasteiger charge is 2.28. The van der Waals surface area contributed by atoms with Gasteiger partial charge in [-0.05, 0) is 30.0 Å². The van der Waals surface area contributed by atoms with Crippen LogP contribution < -0.4 is 10.6 Å². The smallest absolute Gasteiger partial charge is 0.265 e. The van der Waals surface area contributed by atoms with E-state index in [1.807, 2.05) is 6.07 Å². The molecule has 21 heavy (non-hydrogen) atoms. The normalized spacial score (nSPS) is 13.3. The van der Waals surface area contributed by atoms with Gasteiger partial charge in [0.2, 0.25) is 0 Å². The van der Waals surface area contributed by atoms with E-state index in [4.69, 9.17) is 5.73 Å². The van der Waals surface area contributed by atoms with Crippen LogP contribution in [0.5, 0.6) is 0 Å². The van der Waals surface area contributed by atoms with Crippen molar-refractivity contribution in [3.05, 3.63) is 52.8 Å². The van der Waals surface area contributed by atoms with Gasteiger partial charge in [0.05, 0.1) is 11.3 Å². The first kappa shape index (κ1) is 13.4. The summed E-state index contributed by atoms with van der Waals surface area (Å²) in [6, 6.07) is 7.66. The van der Waals surface area contributed by atoms with Crippen molar-refractivity contribution in [3.63, 3.8) is 0 Å². The van der Waals surface area contributed by atoms with Gasteiger partial charge in [-0.25, -0.2) is 0 Å². The third kappa shape index (κ3) is 2.20. The van der Waals surface area contributed by atoms with Crippen LogP contribution in [-0.4, -0.2) is 23.3 Å². The number of benzene rings is 1. The zero-order valence-electron chi connectivity index (χ0n) is 11.8. The van der Waals surface area contributed by atoms with Crippen LogP contribution in [0.25, 0.3) is 0 Å². The number of hydrogen-bond acceptors (Lipinski definition) is 2. The van der Waals surface area contributed by atoms with Gasteiger partial charge in [-0.3, -0.25) is 9.59 Å². The van der Waals surface area contributed by atoms with Crippen molar-refractivity contribution in [3.8, 4) is 0 Å². The van der Waals surface area contributed by atoms with Gasteiger partial charge in [0.15, 0.2) is 0 Å². The molecule has 1 aromatic carbocycles. The summed E-state index contributed by atoms with van der Waals surface area (Å²) in [7, 11) is 0. The highest BCUT2D eigenvalue weighted by atomic mass is 16.2. The molecule has 5 nitrogen and oxygen atoms in total. The first-order chi connectivity index (χ1) is 10.1. The summed E-state index contributed by atoms with van der Waals surface area (Å²) in [6.07, 6.45) is 3.28. The second-order valence-corrected chi connectivity index (χ2v) is 5.15. The standard InChI is InChI=1S/C16H17N3O2/c1-2-10-4-3-5-11-6-7-19(14(10)11)16(21)12-8-13(15(17)20)18-9-12/h3-5,8-9,18H,2,6-7H2,1H3,(H2,17,20). The molecule has 0 bridgehead atoms. The Morgan fingerprint density at radius 2 is 2.19 bits per heavy atom. The molecule has 0 spiro atoms. The lowest BCUT2D eigenvalue weighted by atomic mass is 10.1. The van der Waals surface area contributed by atoms with E-state index >= 15 is 0 Å². The Balaban J connectivity index is 1.96. The van der Waals surface area contributed by atoms with Crippen molar-refractivity contribution >= 4 is 17.5 Å². The van der Waals surface area contributed by atoms with Crippen LogP contribution in [0.1, 0.15) is 38.9 Å². The predicted octanol–water partition coefficient (Wildman–Crippen LogP) is 1.88. The van der Waals surface area contributed by atoms with Crippen molar-refractivity contribution in [2.45, 2.75) is 19.8 Å². The average molecular weight is 283 g/mol. The fourth-order valence-electron chi connectivity index (χ4n) is 2.84. The van der Waals surface area contributed by atoms with Crippen LogP contribution in [0, 0.1) is 0 Å². The lowest BCUT2D eigenvalue weighted by Crippen LogP contribution is -2.29. The van der Waals surface area contributed by atoms with E-state index in [1.54, 1.807) is 4.90 Å². The molecule has 5 heteroatoms. The largest absolute Gasteiger partial charge is 0.364 e. The van der Waals surface area contributed by atoms with Gasteiger partial charge in [0.25, 0.3) is 11.8 Å². The fourth-order valence-corrected chi connectivity index (χ4v) is 2.84. The Bertz CT molecular complexity index is 718.